The van der Waals surface area contributed by atoms with Crippen LogP contribution in [0.5, 0.6) is 0 Å². The van der Waals surface area contributed by atoms with Crippen molar-refractivity contribution in [1.82, 2.24) is 4.72 Å². The highest BCUT2D eigenvalue weighted by atomic mass is 32.2. The van der Waals surface area contributed by atoms with Crippen LogP contribution in [0.4, 0.5) is 0 Å². The Hall–Kier alpha value is 0.310. The molecule has 0 radical (unpaired) electrons. The van der Waals surface area contributed by atoms with E-state index in [4.69, 9.17) is 0 Å². The van der Waals surface area contributed by atoms with Gasteiger partial charge >= 0.3 is 0 Å². The van der Waals surface area contributed by atoms with Gasteiger partial charge in [-0.3, -0.25) is 4.72 Å². The lowest BCUT2D eigenvalue weighted by atomic mass is 11.0. The van der Waals surface area contributed by atoms with Crippen LogP contribution in [0.2, 0.25) is 0 Å². The zero-order valence-corrected chi connectivity index (χ0v) is 4.72. The molecule has 0 saturated heterocycles. The predicted octanol–water partition coefficient (Wildman–Crippen LogP) is 1.02. The molecule has 0 aliphatic heterocycles. The van der Waals surface area contributed by atoms with E-state index in [1.165, 1.54) is 12.8 Å². The standard InChI is InChI=1S/C4H9NS/c1-5-6-4-2-3-4/h4-5H,2-3H2,1H3. The maximum atomic E-state index is 3.05. The van der Waals surface area contributed by atoms with Crippen molar-refractivity contribution in [2.24, 2.45) is 0 Å². The molecule has 1 N–H and O–H groups in total. The van der Waals surface area contributed by atoms with E-state index in [9.17, 15) is 0 Å². The first-order valence-electron chi connectivity index (χ1n) is 2.26. The van der Waals surface area contributed by atoms with Gasteiger partial charge in [-0.2, -0.15) is 0 Å². The quantitative estimate of drug-likeness (QED) is 0.524. The van der Waals surface area contributed by atoms with E-state index in [0.717, 1.165) is 5.25 Å². The van der Waals surface area contributed by atoms with Crippen molar-refractivity contribution in [2.45, 2.75) is 18.1 Å². The van der Waals surface area contributed by atoms with E-state index in [-0.39, 0.29) is 0 Å². The Labute approximate surface area is 42.6 Å². The van der Waals surface area contributed by atoms with Crippen molar-refractivity contribution in [3.63, 3.8) is 0 Å². The van der Waals surface area contributed by atoms with Gasteiger partial charge in [-0.05, 0) is 19.9 Å². The van der Waals surface area contributed by atoms with Gasteiger partial charge in [0.05, 0.1) is 0 Å². The van der Waals surface area contributed by atoms with Gasteiger partial charge in [-0.1, -0.05) is 11.9 Å². The highest BCUT2D eigenvalue weighted by Gasteiger charge is 2.20. The van der Waals surface area contributed by atoms with Crippen LogP contribution in [-0.2, 0) is 0 Å². The summed E-state index contributed by atoms with van der Waals surface area (Å²) in [6, 6.07) is 0. The van der Waals surface area contributed by atoms with Crippen molar-refractivity contribution in [3.8, 4) is 0 Å². The van der Waals surface area contributed by atoms with E-state index in [1.807, 2.05) is 19.0 Å². The summed E-state index contributed by atoms with van der Waals surface area (Å²) in [5.74, 6) is 0. The molecule has 0 unspecified atom stereocenters. The fourth-order valence-electron chi connectivity index (χ4n) is 0.353. The third-order valence-corrected chi connectivity index (χ3v) is 1.85. The summed E-state index contributed by atoms with van der Waals surface area (Å²) in [5, 5.41) is 0.954. The van der Waals surface area contributed by atoms with Crippen molar-refractivity contribution in [3.05, 3.63) is 0 Å². The summed E-state index contributed by atoms with van der Waals surface area (Å²) in [6.07, 6.45) is 2.84. The van der Waals surface area contributed by atoms with Gasteiger partial charge < -0.3 is 0 Å². The Morgan fingerprint density at radius 1 is 1.67 bits per heavy atom. The topological polar surface area (TPSA) is 12.0 Å². The van der Waals surface area contributed by atoms with Crippen molar-refractivity contribution < 1.29 is 0 Å². The fraction of sp³-hybridized carbons (Fsp3) is 1.00. The first kappa shape index (κ1) is 4.47. The van der Waals surface area contributed by atoms with Crippen LogP contribution in [0, 0.1) is 0 Å². The van der Waals surface area contributed by atoms with Gasteiger partial charge in [-0.15, -0.1) is 0 Å². The Morgan fingerprint density at radius 3 is 2.50 bits per heavy atom. The molecule has 0 heterocycles. The monoisotopic (exact) mass is 103 g/mol. The highest BCUT2D eigenvalue weighted by Crippen LogP contribution is 2.31. The summed E-state index contributed by atoms with van der Waals surface area (Å²) >= 11 is 1.85. The SMILES string of the molecule is CNSC1CC1. The second-order valence-electron chi connectivity index (χ2n) is 1.52. The normalized spacial score (nSPS) is 21.5. The second kappa shape index (κ2) is 1.85. The summed E-state index contributed by atoms with van der Waals surface area (Å²) in [4.78, 5) is 0. The molecular weight excluding hydrogens is 94.1 g/mol. The molecule has 0 aromatic carbocycles. The molecule has 1 aliphatic rings. The molecule has 6 heavy (non-hydrogen) atoms. The Kier molecular flexibility index (Phi) is 1.37. The zero-order valence-electron chi connectivity index (χ0n) is 3.90. The Morgan fingerprint density at radius 2 is 2.33 bits per heavy atom. The summed E-state index contributed by atoms with van der Waals surface area (Å²) in [7, 11) is 1.98. The van der Waals surface area contributed by atoms with Crippen LogP contribution in [0.1, 0.15) is 12.8 Å². The average Bonchev–Trinajstić information content (AvgIpc) is 2.21. The van der Waals surface area contributed by atoms with Crippen LogP contribution < -0.4 is 4.72 Å². The average molecular weight is 103 g/mol. The second-order valence-corrected chi connectivity index (χ2v) is 2.83. The maximum Gasteiger partial charge on any atom is 0.0193 e. The van der Waals surface area contributed by atoms with Gasteiger partial charge in [0.1, 0.15) is 0 Å². The number of nitrogens with one attached hydrogen (secondary N) is 1. The molecule has 2 heteroatoms. The van der Waals surface area contributed by atoms with E-state index < -0.39 is 0 Å². The van der Waals surface area contributed by atoms with Crippen LogP contribution in [0.15, 0.2) is 0 Å². The lowest BCUT2D eigenvalue weighted by Gasteiger charge is -1.87. The van der Waals surface area contributed by atoms with Gasteiger partial charge in [0, 0.05) is 5.25 Å². The number of hydrogen-bond donors (Lipinski definition) is 1. The van der Waals surface area contributed by atoms with E-state index in [0.29, 0.717) is 0 Å². The van der Waals surface area contributed by atoms with Gasteiger partial charge in [0.25, 0.3) is 0 Å². The highest BCUT2D eigenvalue weighted by molar-refractivity contribution is 7.98. The first-order chi connectivity index (χ1) is 2.93. The summed E-state index contributed by atoms with van der Waals surface area (Å²) < 4.78 is 3.05. The molecule has 0 aromatic heterocycles. The van der Waals surface area contributed by atoms with Gasteiger partial charge in [0.2, 0.25) is 0 Å². The zero-order chi connectivity index (χ0) is 4.41. The lowest BCUT2D eigenvalue weighted by Crippen LogP contribution is -1.91. The van der Waals surface area contributed by atoms with Crippen LogP contribution in [-0.4, -0.2) is 12.3 Å². The van der Waals surface area contributed by atoms with E-state index in [2.05, 4.69) is 4.72 Å². The number of hydrogen-bond acceptors (Lipinski definition) is 2. The Balaban J connectivity index is 1.88. The summed E-state index contributed by atoms with van der Waals surface area (Å²) in [6.45, 7) is 0. The summed E-state index contributed by atoms with van der Waals surface area (Å²) in [5.41, 5.74) is 0. The molecule has 1 saturated carbocycles. The molecule has 0 atom stereocenters. The minimum atomic E-state index is 0.954. The van der Waals surface area contributed by atoms with Crippen LogP contribution in [0.25, 0.3) is 0 Å². The predicted molar refractivity (Wildman–Crippen MR) is 29.7 cm³/mol. The molecule has 0 bridgehead atoms. The molecule has 0 amide bonds. The lowest BCUT2D eigenvalue weighted by molar-refractivity contribution is 1.28. The first-order valence-corrected chi connectivity index (χ1v) is 3.14. The van der Waals surface area contributed by atoms with Crippen molar-refractivity contribution >= 4 is 11.9 Å². The molecule has 1 rings (SSSR count). The molecular formula is C4H9NS. The van der Waals surface area contributed by atoms with Crippen molar-refractivity contribution in [1.29, 1.82) is 0 Å². The molecule has 1 aliphatic carbocycles. The van der Waals surface area contributed by atoms with E-state index in [1.54, 1.807) is 0 Å². The van der Waals surface area contributed by atoms with E-state index >= 15 is 0 Å². The minimum absolute atomic E-state index is 0.954. The third-order valence-electron chi connectivity index (χ3n) is 0.809. The van der Waals surface area contributed by atoms with Crippen LogP contribution in [0.3, 0.4) is 0 Å². The molecule has 1 nitrogen and oxygen atoms in total. The smallest absolute Gasteiger partial charge is 0.0193 e. The number of rotatable bonds is 2. The van der Waals surface area contributed by atoms with Gasteiger partial charge in [-0.25, -0.2) is 0 Å². The largest absolute Gasteiger partial charge is 0.267 e. The Bertz CT molecular complexity index is 42.8. The maximum absolute atomic E-state index is 3.05. The minimum Gasteiger partial charge on any atom is -0.267 e. The molecule has 0 spiro atoms. The fourth-order valence-corrected chi connectivity index (χ4v) is 1.06. The molecule has 36 valence electrons. The third kappa shape index (κ3) is 1.19. The van der Waals surface area contributed by atoms with Gasteiger partial charge in [0.15, 0.2) is 0 Å². The van der Waals surface area contributed by atoms with Crippen molar-refractivity contribution in [2.75, 3.05) is 7.05 Å². The van der Waals surface area contributed by atoms with Crippen LogP contribution >= 0.6 is 11.9 Å². The molecule has 0 aromatic rings. The molecule has 1 fully saturated rings.